The van der Waals surface area contributed by atoms with Crippen LogP contribution in [0, 0.1) is 0 Å². The highest BCUT2D eigenvalue weighted by atomic mass is 19.4. The lowest BCUT2D eigenvalue weighted by Gasteiger charge is -2.10. The van der Waals surface area contributed by atoms with Gasteiger partial charge < -0.3 is 9.47 Å². The third-order valence-electron chi connectivity index (χ3n) is 2.92. The molecule has 2 aromatic rings. The molecular weight excluding hydrogens is 311 g/mol. The maximum absolute atomic E-state index is 12.5. The average Bonchev–Trinajstić information content (AvgIpc) is 2.53. The van der Waals surface area contributed by atoms with Crippen molar-refractivity contribution in [2.24, 2.45) is 0 Å². The van der Waals surface area contributed by atoms with Crippen molar-refractivity contribution in [3.05, 3.63) is 59.4 Å². The van der Waals surface area contributed by atoms with E-state index in [1.165, 1.54) is 18.3 Å². The Balaban J connectivity index is 2.02. The number of ether oxygens (including phenoxy) is 2. The van der Waals surface area contributed by atoms with E-state index in [0.29, 0.717) is 17.9 Å². The monoisotopic (exact) mass is 325 g/mol. The van der Waals surface area contributed by atoms with E-state index in [2.05, 4.69) is 4.98 Å². The Hall–Kier alpha value is -2.57. The van der Waals surface area contributed by atoms with Gasteiger partial charge in [-0.05, 0) is 36.8 Å². The Morgan fingerprint density at radius 1 is 1.17 bits per heavy atom. The number of benzene rings is 1. The summed E-state index contributed by atoms with van der Waals surface area (Å²) in [5.74, 6) is -0.402. The third-order valence-corrected chi connectivity index (χ3v) is 2.92. The minimum Gasteiger partial charge on any atom is -0.491 e. The summed E-state index contributed by atoms with van der Waals surface area (Å²) in [6.45, 7) is 1.98. The molecule has 122 valence electrons. The van der Waals surface area contributed by atoms with Gasteiger partial charge in [-0.25, -0.2) is 9.78 Å². The Kier molecular flexibility index (Phi) is 5.20. The van der Waals surface area contributed by atoms with Crippen LogP contribution in [0.4, 0.5) is 13.2 Å². The molecule has 0 fully saturated rings. The molecule has 0 amide bonds. The standard InChI is InChI=1S/C16H14F3NO3/c1-2-22-13-4-3-9-20-14(13)15(21)23-10-11-5-7-12(8-6-11)16(17,18)19/h3-9H,2,10H2,1H3. The summed E-state index contributed by atoms with van der Waals surface area (Å²) >= 11 is 0. The Bertz CT molecular complexity index is 669. The van der Waals surface area contributed by atoms with Gasteiger partial charge in [-0.1, -0.05) is 12.1 Å². The van der Waals surface area contributed by atoms with Crippen molar-refractivity contribution < 1.29 is 27.4 Å². The highest BCUT2D eigenvalue weighted by Crippen LogP contribution is 2.29. The molecule has 1 aromatic carbocycles. The second-order valence-electron chi connectivity index (χ2n) is 4.55. The molecule has 1 aromatic heterocycles. The van der Waals surface area contributed by atoms with Gasteiger partial charge in [0.05, 0.1) is 12.2 Å². The topological polar surface area (TPSA) is 48.4 Å². The van der Waals surface area contributed by atoms with Crippen LogP contribution in [-0.4, -0.2) is 17.6 Å². The largest absolute Gasteiger partial charge is 0.491 e. The molecule has 0 atom stereocenters. The van der Waals surface area contributed by atoms with Crippen LogP contribution in [0.5, 0.6) is 5.75 Å². The Morgan fingerprint density at radius 3 is 2.48 bits per heavy atom. The summed E-state index contributed by atoms with van der Waals surface area (Å²) in [7, 11) is 0. The quantitative estimate of drug-likeness (QED) is 0.783. The minimum absolute atomic E-state index is 0.0289. The van der Waals surface area contributed by atoms with Crippen LogP contribution in [0.1, 0.15) is 28.5 Å². The number of nitrogens with zero attached hydrogens (tertiary/aromatic N) is 1. The van der Waals surface area contributed by atoms with Crippen molar-refractivity contribution in [1.82, 2.24) is 4.98 Å². The van der Waals surface area contributed by atoms with Crippen LogP contribution in [0.25, 0.3) is 0 Å². The number of carbonyl (C=O) groups is 1. The number of hydrogen-bond donors (Lipinski definition) is 0. The van der Waals surface area contributed by atoms with Gasteiger partial charge in [-0.15, -0.1) is 0 Å². The fraction of sp³-hybridized carbons (Fsp3) is 0.250. The van der Waals surface area contributed by atoms with Gasteiger partial charge in [0.2, 0.25) is 0 Å². The van der Waals surface area contributed by atoms with Crippen LogP contribution >= 0.6 is 0 Å². The van der Waals surface area contributed by atoms with E-state index >= 15 is 0 Å². The number of esters is 1. The summed E-state index contributed by atoms with van der Waals surface area (Å²) in [4.78, 5) is 15.9. The molecule has 0 unspecified atom stereocenters. The molecule has 4 nitrogen and oxygen atoms in total. The molecule has 1 heterocycles. The number of hydrogen-bond acceptors (Lipinski definition) is 4. The van der Waals surface area contributed by atoms with Crippen LogP contribution in [-0.2, 0) is 17.5 Å². The van der Waals surface area contributed by atoms with E-state index in [9.17, 15) is 18.0 Å². The van der Waals surface area contributed by atoms with E-state index in [1.54, 1.807) is 19.1 Å². The van der Waals surface area contributed by atoms with Gasteiger partial charge in [0, 0.05) is 6.20 Å². The zero-order chi connectivity index (χ0) is 16.9. The molecule has 0 radical (unpaired) electrons. The maximum Gasteiger partial charge on any atom is 0.416 e. The first-order valence-corrected chi connectivity index (χ1v) is 6.83. The Morgan fingerprint density at radius 2 is 1.87 bits per heavy atom. The number of carbonyl (C=O) groups excluding carboxylic acids is 1. The van der Waals surface area contributed by atoms with Crippen molar-refractivity contribution in [2.75, 3.05) is 6.61 Å². The summed E-state index contributed by atoms with van der Waals surface area (Å²) in [5, 5.41) is 0. The zero-order valence-electron chi connectivity index (χ0n) is 12.3. The van der Waals surface area contributed by atoms with Crippen LogP contribution in [0.15, 0.2) is 42.6 Å². The number of halogens is 3. The fourth-order valence-corrected chi connectivity index (χ4v) is 1.82. The average molecular weight is 325 g/mol. The molecule has 0 N–H and O–H groups in total. The van der Waals surface area contributed by atoms with Crippen molar-refractivity contribution >= 4 is 5.97 Å². The maximum atomic E-state index is 12.5. The van der Waals surface area contributed by atoms with Crippen molar-refractivity contribution in [3.63, 3.8) is 0 Å². The van der Waals surface area contributed by atoms with Gasteiger partial charge in [0.25, 0.3) is 0 Å². The molecule has 7 heteroatoms. The molecule has 0 spiro atoms. The first-order chi connectivity index (χ1) is 10.9. The van der Waals surface area contributed by atoms with Crippen LogP contribution in [0.3, 0.4) is 0 Å². The van der Waals surface area contributed by atoms with Crippen LogP contribution in [0.2, 0.25) is 0 Å². The predicted molar refractivity (Wildman–Crippen MR) is 76.0 cm³/mol. The molecule has 23 heavy (non-hydrogen) atoms. The van der Waals surface area contributed by atoms with Crippen molar-refractivity contribution in [3.8, 4) is 5.75 Å². The molecule has 0 saturated heterocycles. The first kappa shape index (κ1) is 16.8. The number of aromatic nitrogens is 1. The molecule has 0 aliphatic heterocycles. The first-order valence-electron chi connectivity index (χ1n) is 6.83. The number of pyridine rings is 1. The van der Waals surface area contributed by atoms with E-state index in [1.807, 2.05) is 0 Å². The SMILES string of the molecule is CCOc1cccnc1C(=O)OCc1ccc(C(F)(F)F)cc1. The smallest absolute Gasteiger partial charge is 0.416 e. The third kappa shape index (κ3) is 4.45. The van der Waals surface area contributed by atoms with Crippen molar-refractivity contribution in [1.29, 1.82) is 0 Å². The summed E-state index contributed by atoms with van der Waals surface area (Å²) in [6.07, 6.45) is -2.97. The second kappa shape index (κ2) is 7.13. The van der Waals surface area contributed by atoms with Gasteiger partial charge >= 0.3 is 12.1 Å². The lowest BCUT2D eigenvalue weighted by atomic mass is 10.1. The van der Waals surface area contributed by atoms with E-state index in [0.717, 1.165) is 12.1 Å². The molecule has 0 aliphatic rings. The van der Waals surface area contributed by atoms with Gasteiger partial charge in [-0.3, -0.25) is 0 Å². The van der Waals surface area contributed by atoms with Crippen LogP contribution < -0.4 is 4.74 Å². The normalized spacial score (nSPS) is 11.1. The highest BCUT2D eigenvalue weighted by Gasteiger charge is 2.29. The van der Waals surface area contributed by atoms with Gasteiger partial charge in [-0.2, -0.15) is 13.2 Å². The van der Waals surface area contributed by atoms with Crippen molar-refractivity contribution in [2.45, 2.75) is 19.7 Å². The summed E-state index contributed by atoms with van der Waals surface area (Å²) in [6, 6.07) is 7.62. The minimum atomic E-state index is -4.39. The zero-order valence-corrected chi connectivity index (χ0v) is 12.3. The molecule has 0 saturated carbocycles. The lowest BCUT2D eigenvalue weighted by Crippen LogP contribution is -2.10. The number of rotatable bonds is 5. The van der Waals surface area contributed by atoms with E-state index in [4.69, 9.17) is 9.47 Å². The lowest BCUT2D eigenvalue weighted by molar-refractivity contribution is -0.137. The Labute approximate surface area is 130 Å². The molecule has 2 rings (SSSR count). The predicted octanol–water partition coefficient (Wildman–Crippen LogP) is 3.86. The summed E-state index contributed by atoms with van der Waals surface area (Å²) in [5.41, 5.74) is -0.280. The summed E-state index contributed by atoms with van der Waals surface area (Å²) < 4.78 is 47.7. The molecular formula is C16H14F3NO3. The molecule has 0 bridgehead atoms. The fourth-order valence-electron chi connectivity index (χ4n) is 1.82. The van der Waals surface area contributed by atoms with E-state index in [-0.39, 0.29) is 12.3 Å². The van der Waals surface area contributed by atoms with E-state index < -0.39 is 17.7 Å². The highest BCUT2D eigenvalue weighted by molar-refractivity contribution is 5.90. The van der Waals surface area contributed by atoms with Gasteiger partial charge in [0.1, 0.15) is 6.61 Å². The molecule has 0 aliphatic carbocycles. The second-order valence-corrected chi connectivity index (χ2v) is 4.55. The number of alkyl halides is 3. The van der Waals surface area contributed by atoms with Gasteiger partial charge in [0.15, 0.2) is 11.4 Å².